The highest BCUT2D eigenvalue weighted by Gasteiger charge is 2.15. The Hall–Kier alpha value is -1.17. The van der Waals surface area contributed by atoms with Crippen LogP contribution in [0.15, 0.2) is 57.9 Å². The highest BCUT2D eigenvalue weighted by molar-refractivity contribution is 9.10. The molecule has 2 rings (SSSR count). The van der Waals surface area contributed by atoms with E-state index in [0.29, 0.717) is 5.75 Å². The molecular formula is C16H18BrNO2S. The molecule has 0 aliphatic rings. The molecule has 0 amide bonds. The van der Waals surface area contributed by atoms with Crippen LogP contribution < -0.4 is 10.1 Å². The molecule has 2 unspecified atom stereocenters. The SMILES string of the molecule is CNC(CS(=O)c1cccc(Br)c1)c1cccc(OC)c1. The Morgan fingerprint density at radius 1 is 1.24 bits per heavy atom. The van der Waals surface area contributed by atoms with Crippen molar-refractivity contribution in [1.82, 2.24) is 5.32 Å². The van der Waals surface area contributed by atoms with Gasteiger partial charge in [-0.25, -0.2) is 0 Å². The Labute approximate surface area is 136 Å². The van der Waals surface area contributed by atoms with Crippen LogP contribution in [0.25, 0.3) is 0 Å². The van der Waals surface area contributed by atoms with Crippen LogP contribution in [0.4, 0.5) is 0 Å². The molecule has 0 saturated heterocycles. The smallest absolute Gasteiger partial charge is 0.119 e. The Morgan fingerprint density at radius 2 is 2.00 bits per heavy atom. The monoisotopic (exact) mass is 367 g/mol. The first-order chi connectivity index (χ1) is 10.1. The van der Waals surface area contributed by atoms with Crippen LogP contribution in [-0.2, 0) is 10.8 Å². The Morgan fingerprint density at radius 3 is 2.67 bits per heavy atom. The highest BCUT2D eigenvalue weighted by atomic mass is 79.9. The third-order valence-electron chi connectivity index (χ3n) is 3.22. The number of nitrogens with one attached hydrogen (secondary N) is 1. The quantitative estimate of drug-likeness (QED) is 0.848. The summed E-state index contributed by atoms with van der Waals surface area (Å²) < 4.78 is 18.7. The van der Waals surface area contributed by atoms with Gasteiger partial charge in [0, 0.05) is 21.2 Å². The number of hydrogen-bond acceptors (Lipinski definition) is 3. The van der Waals surface area contributed by atoms with Crippen LogP contribution in [0.3, 0.4) is 0 Å². The van der Waals surface area contributed by atoms with E-state index in [2.05, 4.69) is 21.2 Å². The van der Waals surface area contributed by atoms with E-state index in [-0.39, 0.29) is 6.04 Å². The molecule has 21 heavy (non-hydrogen) atoms. The van der Waals surface area contributed by atoms with Gasteiger partial charge in [0.2, 0.25) is 0 Å². The first kappa shape index (κ1) is 16.2. The summed E-state index contributed by atoms with van der Waals surface area (Å²) in [4.78, 5) is 0.826. The van der Waals surface area contributed by atoms with Crippen LogP contribution in [0, 0.1) is 0 Å². The molecule has 0 saturated carbocycles. The van der Waals surface area contributed by atoms with Gasteiger partial charge in [-0.2, -0.15) is 0 Å². The Balaban J connectivity index is 2.16. The normalized spacial score (nSPS) is 13.7. The van der Waals surface area contributed by atoms with Crippen molar-refractivity contribution in [2.45, 2.75) is 10.9 Å². The molecule has 3 nitrogen and oxygen atoms in total. The largest absolute Gasteiger partial charge is 0.497 e. The second-order valence-corrected chi connectivity index (χ2v) is 7.00. The van der Waals surface area contributed by atoms with Gasteiger partial charge in [0.05, 0.1) is 17.9 Å². The molecule has 2 aromatic carbocycles. The minimum absolute atomic E-state index is 0.0138. The number of halogens is 1. The molecule has 1 N–H and O–H groups in total. The maximum Gasteiger partial charge on any atom is 0.119 e. The predicted octanol–water partition coefficient (Wildman–Crippen LogP) is 3.53. The average Bonchev–Trinajstić information content (AvgIpc) is 2.52. The van der Waals surface area contributed by atoms with E-state index in [1.54, 1.807) is 7.11 Å². The summed E-state index contributed by atoms with van der Waals surface area (Å²) in [5, 5.41) is 3.22. The average molecular weight is 368 g/mol. The van der Waals surface area contributed by atoms with Gasteiger partial charge in [-0.1, -0.05) is 34.1 Å². The maximum absolute atomic E-state index is 12.5. The summed E-state index contributed by atoms with van der Waals surface area (Å²) in [5.74, 6) is 1.32. The van der Waals surface area contributed by atoms with E-state index in [1.807, 2.05) is 55.6 Å². The van der Waals surface area contributed by atoms with Crippen molar-refractivity contribution in [2.75, 3.05) is 19.9 Å². The zero-order chi connectivity index (χ0) is 15.2. The lowest BCUT2D eigenvalue weighted by Gasteiger charge is -2.17. The molecule has 0 aromatic heterocycles. The fourth-order valence-corrected chi connectivity index (χ4v) is 3.95. The van der Waals surface area contributed by atoms with E-state index in [4.69, 9.17) is 4.74 Å². The Bertz CT molecular complexity index is 633. The van der Waals surface area contributed by atoms with Crippen LogP contribution in [0.1, 0.15) is 11.6 Å². The maximum atomic E-state index is 12.5. The van der Waals surface area contributed by atoms with Gasteiger partial charge in [0.15, 0.2) is 0 Å². The van der Waals surface area contributed by atoms with Crippen molar-refractivity contribution >= 4 is 26.7 Å². The van der Waals surface area contributed by atoms with Crippen molar-refractivity contribution in [1.29, 1.82) is 0 Å². The van der Waals surface area contributed by atoms with Gasteiger partial charge in [0.25, 0.3) is 0 Å². The summed E-state index contributed by atoms with van der Waals surface area (Å²) in [6, 6.07) is 15.5. The van der Waals surface area contributed by atoms with Crippen LogP contribution in [0.2, 0.25) is 0 Å². The molecule has 2 aromatic rings. The van der Waals surface area contributed by atoms with Gasteiger partial charge in [-0.3, -0.25) is 4.21 Å². The van der Waals surface area contributed by atoms with Crippen molar-refractivity contribution in [2.24, 2.45) is 0 Å². The second kappa shape index (κ2) is 7.73. The van der Waals surface area contributed by atoms with Gasteiger partial charge in [-0.15, -0.1) is 0 Å². The van der Waals surface area contributed by atoms with Gasteiger partial charge < -0.3 is 10.1 Å². The van der Waals surface area contributed by atoms with Crippen LogP contribution in [0.5, 0.6) is 5.75 Å². The fraction of sp³-hybridized carbons (Fsp3) is 0.250. The van der Waals surface area contributed by atoms with Gasteiger partial charge in [0.1, 0.15) is 5.75 Å². The van der Waals surface area contributed by atoms with Crippen molar-refractivity contribution in [3.63, 3.8) is 0 Å². The lowest BCUT2D eigenvalue weighted by molar-refractivity contribution is 0.413. The molecule has 0 aliphatic carbocycles. The lowest BCUT2D eigenvalue weighted by Crippen LogP contribution is -2.22. The molecule has 112 valence electrons. The standard InChI is InChI=1S/C16H18BrNO2S/c1-18-16(12-5-3-7-14(9-12)20-2)11-21(19)15-8-4-6-13(17)10-15/h3-10,16,18H,11H2,1-2H3. The number of rotatable bonds is 6. The number of methoxy groups -OCH3 is 1. The number of hydrogen-bond donors (Lipinski definition) is 1. The molecule has 0 radical (unpaired) electrons. The molecule has 0 heterocycles. The van der Waals surface area contributed by atoms with E-state index in [9.17, 15) is 4.21 Å². The topological polar surface area (TPSA) is 38.3 Å². The van der Waals surface area contributed by atoms with Gasteiger partial charge >= 0.3 is 0 Å². The van der Waals surface area contributed by atoms with E-state index in [0.717, 1.165) is 20.7 Å². The molecule has 5 heteroatoms. The first-order valence-corrected chi connectivity index (χ1v) is 8.70. The van der Waals surface area contributed by atoms with E-state index in [1.165, 1.54) is 0 Å². The van der Waals surface area contributed by atoms with Crippen LogP contribution >= 0.6 is 15.9 Å². The van der Waals surface area contributed by atoms with Gasteiger partial charge in [-0.05, 0) is 42.9 Å². The fourth-order valence-electron chi connectivity index (χ4n) is 2.06. The summed E-state index contributed by atoms with van der Waals surface area (Å²) in [6.07, 6.45) is 0. The molecule has 2 atom stereocenters. The highest BCUT2D eigenvalue weighted by Crippen LogP contribution is 2.22. The molecule has 0 aliphatic heterocycles. The van der Waals surface area contributed by atoms with E-state index < -0.39 is 10.8 Å². The molecule has 0 spiro atoms. The first-order valence-electron chi connectivity index (χ1n) is 6.59. The van der Waals surface area contributed by atoms with Crippen molar-refractivity contribution < 1.29 is 8.95 Å². The third kappa shape index (κ3) is 4.40. The molecule has 0 bridgehead atoms. The van der Waals surface area contributed by atoms with Crippen molar-refractivity contribution in [3.8, 4) is 5.75 Å². The predicted molar refractivity (Wildman–Crippen MR) is 90.2 cm³/mol. The summed E-state index contributed by atoms with van der Waals surface area (Å²) in [7, 11) is 2.46. The molecule has 0 fully saturated rings. The summed E-state index contributed by atoms with van der Waals surface area (Å²) in [6.45, 7) is 0. The summed E-state index contributed by atoms with van der Waals surface area (Å²) >= 11 is 3.41. The second-order valence-electron chi connectivity index (χ2n) is 4.59. The summed E-state index contributed by atoms with van der Waals surface area (Å²) in [5.41, 5.74) is 1.07. The van der Waals surface area contributed by atoms with Crippen LogP contribution in [-0.4, -0.2) is 24.1 Å². The third-order valence-corrected chi connectivity index (χ3v) is 5.13. The molecular weight excluding hydrogens is 350 g/mol. The minimum atomic E-state index is -1.07. The number of benzene rings is 2. The minimum Gasteiger partial charge on any atom is -0.497 e. The lowest BCUT2D eigenvalue weighted by atomic mass is 10.1. The number of ether oxygens (including phenoxy) is 1. The zero-order valence-corrected chi connectivity index (χ0v) is 14.4. The zero-order valence-electron chi connectivity index (χ0n) is 12.0. The van der Waals surface area contributed by atoms with Crippen molar-refractivity contribution in [3.05, 3.63) is 58.6 Å². The van der Waals surface area contributed by atoms with E-state index >= 15 is 0 Å². The Kier molecular flexibility index (Phi) is 5.96.